The summed E-state index contributed by atoms with van der Waals surface area (Å²) in [7, 11) is 0. The number of nitrogens with zero attached hydrogens (tertiary/aromatic N) is 2. The number of carbonyl (C=O) groups is 2. The third-order valence-electron chi connectivity index (χ3n) is 5.76. The molecular formula is C19H30N2O4. The minimum absolute atomic E-state index is 0.100. The van der Waals surface area contributed by atoms with Crippen LogP contribution in [0.3, 0.4) is 0 Å². The van der Waals surface area contributed by atoms with Crippen LogP contribution in [0.2, 0.25) is 0 Å². The molecule has 0 N–H and O–H groups in total. The normalized spacial score (nSPS) is 27.5. The summed E-state index contributed by atoms with van der Waals surface area (Å²) >= 11 is 0. The number of morpholine rings is 1. The highest BCUT2D eigenvalue weighted by Crippen LogP contribution is 2.50. The van der Waals surface area contributed by atoms with Gasteiger partial charge in [-0.1, -0.05) is 0 Å². The van der Waals surface area contributed by atoms with Crippen molar-refractivity contribution in [1.82, 2.24) is 9.80 Å². The van der Waals surface area contributed by atoms with Crippen molar-refractivity contribution in [2.75, 3.05) is 26.2 Å². The Kier molecular flexibility index (Phi) is 3.84. The second kappa shape index (κ2) is 5.60. The van der Waals surface area contributed by atoms with Gasteiger partial charge < -0.3 is 19.3 Å². The van der Waals surface area contributed by atoms with E-state index in [0.29, 0.717) is 25.5 Å². The van der Waals surface area contributed by atoms with Gasteiger partial charge in [0.15, 0.2) is 0 Å². The Hall–Kier alpha value is -1.30. The molecule has 6 heteroatoms. The average molecular weight is 350 g/mol. The van der Waals surface area contributed by atoms with Crippen LogP contribution >= 0.6 is 0 Å². The van der Waals surface area contributed by atoms with Gasteiger partial charge in [0.2, 0.25) is 5.91 Å². The molecule has 2 heterocycles. The largest absolute Gasteiger partial charge is 0.444 e. The molecule has 2 saturated carbocycles. The number of likely N-dealkylation sites (tertiary alicyclic amines) is 1. The Morgan fingerprint density at radius 2 is 1.52 bits per heavy atom. The number of rotatable bonds is 1. The molecule has 2 aliphatic heterocycles. The first-order chi connectivity index (χ1) is 11.7. The highest BCUT2D eigenvalue weighted by Gasteiger charge is 2.57. The van der Waals surface area contributed by atoms with Crippen LogP contribution in [-0.4, -0.2) is 64.8 Å². The number of amides is 2. The molecule has 2 saturated heterocycles. The van der Waals surface area contributed by atoms with Crippen molar-refractivity contribution >= 4 is 12.0 Å². The van der Waals surface area contributed by atoms with Gasteiger partial charge in [-0.05, 0) is 59.3 Å². The van der Waals surface area contributed by atoms with Gasteiger partial charge in [0, 0.05) is 32.1 Å². The third kappa shape index (κ3) is 3.64. The molecule has 0 aromatic carbocycles. The fraction of sp³-hybridized carbons (Fsp3) is 0.895. The van der Waals surface area contributed by atoms with Gasteiger partial charge in [-0.25, -0.2) is 4.79 Å². The lowest BCUT2D eigenvalue weighted by atomic mass is 9.88. The number of hydrogen-bond acceptors (Lipinski definition) is 4. The van der Waals surface area contributed by atoms with Crippen LogP contribution in [0.5, 0.6) is 0 Å². The first kappa shape index (κ1) is 17.1. The Balaban J connectivity index is 1.40. The third-order valence-corrected chi connectivity index (χ3v) is 5.76. The molecule has 2 aliphatic carbocycles. The average Bonchev–Trinajstić information content (AvgIpc) is 3.42. The molecule has 2 amide bonds. The SMILES string of the molecule is CC(C)(C)OC(=O)N1CCC2(CC1)CN(C(=O)C1CC1)CC1(CC1)O2. The molecule has 0 aromatic rings. The lowest BCUT2D eigenvalue weighted by Crippen LogP contribution is -2.62. The van der Waals surface area contributed by atoms with E-state index < -0.39 is 5.60 Å². The summed E-state index contributed by atoms with van der Waals surface area (Å²) in [4.78, 5) is 28.8. The molecule has 2 spiro atoms. The standard InChI is InChI=1S/C19H30N2O4/c1-17(2,3)24-16(23)20-10-8-19(9-11-20)13-21(15(22)14-4-5-14)12-18(25-19)6-7-18/h14H,4-13H2,1-3H3. The first-order valence-electron chi connectivity index (χ1n) is 9.66. The molecule has 140 valence electrons. The molecule has 0 atom stereocenters. The van der Waals surface area contributed by atoms with Crippen molar-refractivity contribution in [3.05, 3.63) is 0 Å². The van der Waals surface area contributed by atoms with Crippen molar-refractivity contribution < 1.29 is 19.1 Å². The first-order valence-corrected chi connectivity index (χ1v) is 9.66. The van der Waals surface area contributed by atoms with Crippen LogP contribution in [-0.2, 0) is 14.3 Å². The van der Waals surface area contributed by atoms with Gasteiger partial charge in [-0.15, -0.1) is 0 Å². The van der Waals surface area contributed by atoms with Crippen molar-refractivity contribution in [3.63, 3.8) is 0 Å². The lowest BCUT2D eigenvalue weighted by molar-refractivity contribution is -0.193. The van der Waals surface area contributed by atoms with E-state index in [1.807, 2.05) is 20.8 Å². The quantitative estimate of drug-likeness (QED) is 0.729. The summed E-state index contributed by atoms with van der Waals surface area (Å²) in [5, 5.41) is 0. The molecule has 6 nitrogen and oxygen atoms in total. The Bertz CT molecular complexity index is 566. The summed E-state index contributed by atoms with van der Waals surface area (Å²) in [6.45, 7) is 8.38. The zero-order valence-corrected chi connectivity index (χ0v) is 15.7. The van der Waals surface area contributed by atoms with E-state index in [4.69, 9.17) is 9.47 Å². The van der Waals surface area contributed by atoms with Crippen LogP contribution in [0, 0.1) is 5.92 Å². The molecule has 4 rings (SSSR count). The number of hydrogen-bond donors (Lipinski definition) is 0. The second-order valence-corrected chi connectivity index (χ2v) is 9.40. The van der Waals surface area contributed by atoms with E-state index in [1.54, 1.807) is 4.90 Å². The van der Waals surface area contributed by atoms with Gasteiger partial charge in [-0.2, -0.15) is 0 Å². The zero-order valence-electron chi connectivity index (χ0n) is 15.7. The summed E-state index contributed by atoms with van der Waals surface area (Å²) in [6.07, 6.45) is 5.51. The molecule has 4 fully saturated rings. The number of ether oxygens (including phenoxy) is 2. The van der Waals surface area contributed by atoms with Crippen LogP contribution in [0.15, 0.2) is 0 Å². The van der Waals surface area contributed by atoms with Crippen LogP contribution in [0.1, 0.15) is 59.3 Å². The van der Waals surface area contributed by atoms with Crippen molar-refractivity contribution in [1.29, 1.82) is 0 Å². The Labute approximate surface area is 149 Å². The van der Waals surface area contributed by atoms with E-state index in [-0.39, 0.29) is 23.2 Å². The summed E-state index contributed by atoms with van der Waals surface area (Å²) < 4.78 is 12.0. The highest BCUT2D eigenvalue weighted by molar-refractivity contribution is 5.81. The molecule has 25 heavy (non-hydrogen) atoms. The van der Waals surface area contributed by atoms with Crippen molar-refractivity contribution in [3.8, 4) is 0 Å². The predicted octanol–water partition coefficient (Wildman–Crippen LogP) is 2.56. The summed E-state index contributed by atoms with van der Waals surface area (Å²) in [6, 6.07) is 0. The van der Waals surface area contributed by atoms with Gasteiger partial charge in [0.05, 0.1) is 11.2 Å². The molecular weight excluding hydrogens is 320 g/mol. The monoisotopic (exact) mass is 350 g/mol. The fourth-order valence-electron chi connectivity index (χ4n) is 4.10. The van der Waals surface area contributed by atoms with E-state index in [9.17, 15) is 9.59 Å². The maximum Gasteiger partial charge on any atom is 0.410 e. The molecule has 0 radical (unpaired) electrons. The fourth-order valence-corrected chi connectivity index (χ4v) is 4.10. The second-order valence-electron chi connectivity index (χ2n) is 9.40. The summed E-state index contributed by atoms with van der Waals surface area (Å²) in [5.74, 6) is 0.580. The van der Waals surface area contributed by atoms with Crippen LogP contribution < -0.4 is 0 Å². The Morgan fingerprint density at radius 1 is 0.960 bits per heavy atom. The molecule has 4 aliphatic rings. The molecule has 0 bridgehead atoms. The zero-order chi connectivity index (χ0) is 17.9. The maximum absolute atomic E-state index is 12.6. The van der Waals surface area contributed by atoms with E-state index >= 15 is 0 Å². The highest BCUT2D eigenvalue weighted by atomic mass is 16.6. The molecule has 0 aromatic heterocycles. The van der Waals surface area contributed by atoms with Gasteiger partial charge in [0.25, 0.3) is 0 Å². The van der Waals surface area contributed by atoms with Gasteiger partial charge in [-0.3, -0.25) is 4.79 Å². The maximum atomic E-state index is 12.6. The minimum atomic E-state index is -0.473. The predicted molar refractivity (Wildman–Crippen MR) is 92.1 cm³/mol. The van der Waals surface area contributed by atoms with Crippen molar-refractivity contribution in [2.45, 2.75) is 76.1 Å². The minimum Gasteiger partial charge on any atom is -0.444 e. The smallest absolute Gasteiger partial charge is 0.410 e. The van der Waals surface area contributed by atoms with Crippen molar-refractivity contribution in [2.24, 2.45) is 5.92 Å². The van der Waals surface area contributed by atoms with Crippen LogP contribution in [0.25, 0.3) is 0 Å². The van der Waals surface area contributed by atoms with E-state index in [0.717, 1.165) is 45.1 Å². The lowest BCUT2D eigenvalue weighted by Gasteiger charge is -2.50. The number of piperidine rings is 1. The van der Waals surface area contributed by atoms with Crippen LogP contribution in [0.4, 0.5) is 4.79 Å². The van der Waals surface area contributed by atoms with E-state index in [1.165, 1.54) is 0 Å². The summed E-state index contributed by atoms with van der Waals surface area (Å²) in [5.41, 5.74) is -0.853. The Morgan fingerprint density at radius 3 is 2.00 bits per heavy atom. The van der Waals surface area contributed by atoms with Gasteiger partial charge in [0.1, 0.15) is 5.60 Å². The topological polar surface area (TPSA) is 59.1 Å². The van der Waals surface area contributed by atoms with Gasteiger partial charge >= 0.3 is 6.09 Å². The molecule has 0 unspecified atom stereocenters. The van der Waals surface area contributed by atoms with E-state index in [2.05, 4.69) is 4.90 Å². The number of carbonyl (C=O) groups excluding carboxylic acids is 2.